The minimum absolute atomic E-state index is 0. The topological polar surface area (TPSA) is 65.5 Å². The summed E-state index contributed by atoms with van der Waals surface area (Å²) < 4.78 is 0. The SMILES string of the molecule is CCNC(=NCCc1cccc(C(=O)NC)c1)NC1CCCC1.I. The van der Waals surface area contributed by atoms with Gasteiger partial charge in [0, 0.05) is 31.7 Å². The van der Waals surface area contributed by atoms with Gasteiger partial charge in [0.05, 0.1) is 0 Å². The fraction of sp³-hybridized carbons (Fsp3) is 0.556. The molecule has 0 unspecified atom stereocenters. The molecule has 1 aromatic carbocycles. The Morgan fingerprint density at radius 1 is 1.29 bits per heavy atom. The number of hydrogen-bond acceptors (Lipinski definition) is 2. The molecule has 2 rings (SSSR count). The third-order valence-corrected chi connectivity index (χ3v) is 4.13. The van der Waals surface area contributed by atoms with Crippen LogP contribution in [0.15, 0.2) is 29.3 Å². The summed E-state index contributed by atoms with van der Waals surface area (Å²) in [5, 5.41) is 9.48. The highest BCUT2D eigenvalue weighted by Gasteiger charge is 2.15. The van der Waals surface area contributed by atoms with Crippen LogP contribution in [0.4, 0.5) is 0 Å². The lowest BCUT2D eigenvalue weighted by Crippen LogP contribution is -2.42. The van der Waals surface area contributed by atoms with Gasteiger partial charge >= 0.3 is 0 Å². The van der Waals surface area contributed by atoms with E-state index in [-0.39, 0.29) is 29.9 Å². The lowest BCUT2D eigenvalue weighted by atomic mass is 10.1. The van der Waals surface area contributed by atoms with Gasteiger partial charge in [-0.2, -0.15) is 0 Å². The second-order valence-corrected chi connectivity index (χ2v) is 5.92. The highest BCUT2D eigenvalue weighted by Crippen LogP contribution is 2.17. The van der Waals surface area contributed by atoms with E-state index in [0.29, 0.717) is 18.2 Å². The molecule has 0 radical (unpaired) electrons. The molecule has 1 aliphatic rings. The molecule has 0 atom stereocenters. The van der Waals surface area contributed by atoms with Crippen LogP contribution in [0.5, 0.6) is 0 Å². The number of benzene rings is 1. The molecule has 0 heterocycles. The van der Waals surface area contributed by atoms with E-state index in [2.05, 4.69) is 27.9 Å². The Labute approximate surface area is 162 Å². The van der Waals surface area contributed by atoms with Gasteiger partial charge in [0.25, 0.3) is 5.91 Å². The van der Waals surface area contributed by atoms with E-state index < -0.39 is 0 Å². The molecular formula is C18H29IN4O. The molecule has 3 N–H and O–H groups in total. The van der Waals surface area contributed by atoms with Gasteiger partial charge in [-0.3, -0.25) is 9.79 Å². The zero-order valence-electron chi connectivity index (χ0n) is 14.6. The fourth-order valence-electron chi connectivity index (χ4n) is 2.89. The Morgan fingerprint density at radius 3 is 2.71 bits per heavy atom. The van der Waals surface area contributed by atoms with E-state index in [4.69, 9.17) is 0 Å². The van der Waals surface area contributed by atoms with Gasteiger partial charge in [-0.15, -0.1) is 24.0 Å². The number of nitrogens with one attached hydrogen (secondary N) is 3. The summed E-state index contributed by atoms with van der Waals surface area (Å²) in [6.45, 7) is 3.66. The molecule has 0 bridgehead atoms. The molecule has 0 saturated heterocycles. The summed E-state index contributed by atoms with van der Waals surface area (Å²) in [5.41, 5.74) is 1.83. The first-order valence-corrected chi connectivity index (χ1v) is 8.58. The average Bonchev–Trinajstić information content (AvgIpc) is 3.07. The van der Waals surface area contributed by atoms with Crippen LogP contribution >= 0.6 is 24.0 Å². The van der Waals surface area contributed by atoms with Crippen LogP contribution in [0.2, 0.25) is 0 Å². The Kier molecular flexibility index (Phi) is 9.75. The van der Waals surface area contributed by atoms with E-state index in [1.54, 1.807) is 7.05 Å². The highest BCUT2D eigenvalue weighted by molar-refractivity contribution is 14.0. The number of hydrogen-bond donors (Lipinski definition) is 3. The molecule has 6 heteroatoms. The van der Waals surface area contributed by atoms with Crippen molar-refractivity contribution in [2.24, 2.45) is 4.99 Å². The smallest absolute Gasteiger partial charge is 0.251 e. The summed E-state index contributed by atoms with van der Waals surface area (Å²) in [7, 11) is 1.65. The minimum Gasteiger partial charge on any atom is -0.357 e. The second kappa shape index (κ2) is 11.3. The normalized spacial score (nSPS) is 14.8. The first-order valence-electron chi connectivity index (χ1n) is 8.58. The van der Waals surface area contributed by atoms with Crippen LogP contribution in [0.1, 0.15) is 48.5 Å². The number of rotatable bonds is 6. The second-order valence-electron chi connectivity index (χ2n) is 5.92. The van der Waals surface area contributed by atoms with Crippen molar-refractivity contribution in [1.29, 1.82) is 0 Å². The molecule has 0 spiro atoms. The van der Waals surface area contributed by atoms with Crippen LogP contribution in [0, 0.1) is 0 Å². The van der Waals surface area contributed by atoms with Gasteiger partial charge in [-0.05, 0) is 43.9 Å². The number of amides is 1. The van der Waals surface area contributed by atoms with Crippen molar-refractivity contribution < 1.29 is 4.79 Å². The number of guanidine groups is 1. The first-order chi connectivity index (χ1) is 11.2. The molecular weight excluding hydrogens is 415 g/mol. The molecule has 0 aromatic heterocycles. The van der Waals surface area contributed by atoms with Gasteiger partial charge in [0.2, 0.25) is 0 Å². The van der Waals surface area contributed by atoms with Crippen LogP contribution in [-0.2, 0) is 6.42 Å². The Bertz CT molecular complexity index is 542. The van der Waals surface area contributed by atoms with Gasteiger partial charge < -0.3 is 16.0 Å². The largest absolute Gasteiger partial charge is 0.357 e. The molecule has 0 aliphatic heterocycles. The standard InChI is InChI=1S/C18H28N4O.HI/c1-3-20-18(22-16-9-4-5-10-16)21-12-11-14-7-6-8-15(13-14)17(23)19-2;/h6-8,13,16H,3-5,9-12H2,1-2H3,(H,19,23)(H2,20,21,22);1H. The van der Waals surface area contributed by atoms with Crippen molar-refractivity contribution in [1.82, 2.24) is 16.0 Å². The molecule has 1 amide bonds. The van der Waals surface area contributed by atoms with Crippen molar-refractivity contribution in [3.05, 3.63) is 35.4 Å². The van der Waals surface area contributed by atoms with Gasteiger partial charge in [-0.1, -0.05) is 25.0 Å². The lowest BCUT2D eigenvalue weighted by Gasteiger charge is -2.16. The molecule has 134 valence electrons. The van der Waals surface area contributed by atoms with Crippen LogP contribution in [-0.4, -0.2) is 38.0 Å². The molecule has 5 nitrogen and oxygen atoms in total. The average molecular weight is 444 g/mol. The number of carbonyl (C=O) groups excluding carboxylic acids is 1. The quantitative estimate of drug-likeness (QED) is 0.359. The maximum Gasteiger partial charge on any atom is 0.251 e. The first kappa shape index (κ1) is 20.7. The predicted octanol–water partition coefficient (Wildman–Crippen LogP) is 2.70. The summed E-state index contributed by atoms with van der Waals surface area (Å²) in [4.78, 5) is 16.3. The zero-order valence-corrected chi connectivity index (χ0v) is 16.9. The summed E-state index contributed by atoms with van der Waals surface area (Å²) in [6, 6.07) is 8.29. The third-order valence-electron chi connectivity index (χ3n) is 4.13. The van der Waals surface area contributed by atoms with Crippen molar-refractivity contribution in [2.45, 2.75) is 45.1 Å². The maximum atomic E-state index is 11.7. The molecule has 1 aromatic rings. The minimum atomic E-state index is -0.0495. The van der Waals surface area contributed by atoms with Gasteiger partial charge in [0.15, 0.2) is 5.96 Å². The summed E-state index contributed by atoms with van der Waals surface area (Å²) in [6.07, 6.45) is 5.91. The Hall–Kier alpha value is -1.31. The molecule has 24 heavy (non-hydrogen) atoms. The summed E-state index contributed by atoms with van der Waals surface area (Å²) in [5.74, 6) is 0.855. The number of carbonyl (C=O) groups is 1. The van der Waals surface area contributed by atoms with E-state index in [0.717, 1.165) is 24.5 Å². The van der Waals surface area contributed by atoms with E-state index in [1.807, 2.05) is 24.3 Å². The van der Waals surface area contributed by atoms with E-state index in [9.17, 15) is 4.79 Å². The monoisotopic (exact) mass is 444 g/mol. The van der Waals surface area contributed by atoms with E-state index >= 15 is 0 Å². The van der Waals surface area contributed by atoms with Crippen molar-refractivity contribution in [3.8, 4) is 0 Å². The Morgan fingerprint density at radius 2 is 2.04 bits per heavy atom. The summed E-state index contributed by atoms with van der Waals surface area (Å²) >= 11 is 0. The predicted molar refractivity (Wildman–Crippen MR) is 110 cm³/mol. The Balaban J connectivity index is 0.00000288. The fourth-order valence-corrected chi connectivity index (χ4v) is 2.89. The van der Waals surface area contributed by atoms with Crippen molar-refractivity contribution in [3.63, 3.8) is 0 Å². The van der Waals surface area contributed by atoms with Crippen molar-refractivity contribution in [2.75, 3.05) is 20.1 Å². The van der Waals surface area contributed by atoms with Crippen molar-refractivity contribution >= 4 is 35.8 Å². The molecule has 1 aliphatic carbocycles. The highest BCUT2D eigenvalue weighted by atomic mass is 127. The van der Waals surface area contributed by atoms with Gasteiger partial charge in [-0.25, -0.2) is 0 Å². The molecule has 1 fully saturated rings. The third kappa shape index (κ3) is 6.67. The van der Waals surface area contributed by atoms with Crippen LogP contribution in [0.3, 0.4) is 0 Å². The molecule has 1 saturated carbocycles. The number of nitrogens with zero attached hydrogens (tertiary/aromatic N) is 1. The lowest BCUT2D eigenvalue weighted by molar-refractivity contribution is 0.0963. The van der Waals surface area contributed by atoms with Crippen LogP contribution < -0.4 is 16.0 Å². The maximum absolute atomic E-state index is 11.7. The van der Waals surface area contributed by atoms with Crippen LogP contribution in [0.25, 0.3) is 0 Å². The zero-order chi connectivity index (χ0) is 16.5. The van der Waals surface area contributed by atoms with E-state index in [1.165, 1.54) is 25.7 Å². The number of aliphatic imine (C=N–C) groups is 1. The number of halogens is 1. The van der Waals surface area contributed by atoms with Gasteiger partial charge in [0.1, 0.15) is 0 Å².